The molecule has 0 bridgehead atoms. The van der Waals surface area contributed by atoms with Gasteiger partial charge in [-0.2, -0.15) is 4.31 Å². The Balaban J connectivity index is 1.55. The van der Waals surface area contributed by atoms with E-state index in [0.717, 1.165) is 4.90 Å². The van der Waals surface area contributed by atoms with Crippen molar-refractivity contribution in [2.45, 2.75) is 23.6 Å². The van der Waals surface area contributed by atoms with Crippen LogP contribution in [-0.2, 0) is 14.8 Å². The molecule has 3 rings (SSSR count). The lowest BCUT2D eigenvalue weighted by Gasteiger charge is -2.34. The molecule has 1 amide bonds. The Morgan fingerprint density at radius 2 is 1.67 bits per heavy atom. The molecule has 0 saturated carbocycles. The third kappa shape index (κ3) is 4.72. The number of hydrogen-bond donors (Lipinski definition) is 0. The van der Waals surface area contributed by atoms with Crippen molar-refractivity contribution in [1.82, 2.24) is 9.21 Å². The first-order valence-electron chi connectivity index (χ1n) is 8.91. The molecule has 27 heavy (non-hydrogen) atoms. The fraction of sp³-hybridized carbons (Fsp3) is 0.350. The number of amides is 1. The Bertz CT molecular complexity index is 906. The molecule has 0 atom stereocenters. The molecule has 2 aromatic carbocycles. The number of carbonyl (C=O) groups is 1. The number of benzene rings is 2. The molecule has 1 saturated heterocycles. The summed E-state index contributed by atoms with van der Waals surface area (Å²) in [5.74, 6) is 0.423. The Morgan fingerprint density at radius 3 is 2.30 bits per heavy atom. The summed E-state index contributed by atoms with van der Waals surface area (Å²) in [5, 5.41) is 0. The fourth-order valence-corrected chi connectivity index (χ4v) is 5.47. The third-order valence-corrected chi connectivity index (χ3v) is 7.73. The number of carbonyl (C=O) groups excluding carboxylic acids is 1. The second-order valence-corrected chi connectivity index (χ2v) is 9.61. The summed E-state index contributed by atoms with van der Waals surface area (Å²) in [7, 11) is -3.49. The van der Waals surface area contributed by atoms with E-state index >= 15 is 0 Å². The average Bonchev–Trinajstić information content (AvgIpc) is 2.68. The van der Waals surface area contributed by atoms with Crippen molar-refractivity contribution in [1.29, 1.82) is 0 Å². The first kappa shape index (κ1) is 19.9. The van der Waals surface area contributed by atoms with Gasteiger partial charge in [-0.25, -0.2) is 8.42 Å². The number of thioether (sulfide) groups is 1. The minimum Gasteiger partial charge on any atom is -0.339 e. The zero-order valence-electron chi connectivity index (χ0n) is 15.6. The third-order valence-electron chi connectivity index (χ3n) is 4.65. The highest BCUT2D eigenvalue weighted by molar-refractivity contribution is 8.00. The van der Waals surface area contributed by atoms with Gasteiger partial charge in [0.25, 0.3) is 0 Å². The highest BCUT2D eigenvalue weighted by Gasteiger charge is 2.29. The van der Waals surface area contributed by atoms with Crippen LogP contribution >= 0.6 is 11.8 Å². The van der Waals surface area contributed by atoms with Crippen molar-refractivity contribution in [3.8, 4) is 0 Å². The highest BCUT2D eigenvalue weighted by Crippen LogP contribution is 2.24. The van der Waals surface area contributed by atoms with Gasteiger partial charge in [0.05, 0.1) is 10.6 Å². The fourth-order valence-electron chi connectivity index (χ4n) is 3.11. The van der Waals surface area contributed by atoms with E-state index in [4.69, 9.17) is 0 Å². The topological polar surface area (TPSA) is 57.7 Å². The first-order valence-corrected chi connectivity index (χ1v) is 11.3. The van der Waals surface area contributed by atoms with E-state index in [9.17, 15) is 13.2 Å². The molecule has 2 aromatic rings. The maximum Gasteiger partial charge on any atom is 0.243 e. The number of nitrogens with zero attached hydrogens (tertiary/aromatic N) is 2. The van der Waals surface area contributed by atoms with E-state index in [0.29, 0.717) is 36.8 Å². The van der Waals surface area contributed by atoms with E-state index in [1.54, 1.807) is 35.2 Å². The molecular formula is C20H24N2O3S2. The smallest absolute Gasteiger partial charge is 0.243 e. The van der Waals surface area contributed by atoms with Crippen molar-refractivity contribution in [3.05, 3.63) is 59.7 Å². The molecule has 0 aromatic heterocycles. The summed E-state index contributed by atoms with van der Waals surface area (Å²) in [6.07, 6.45) is 0. The summed E-state index contributed by atoms with van der Waals surface area (Å²) in [4.78, 5) is 15.7. The Hall–Kier alpha value is -1.83. The Labute approximate surface area is 165 Å². The molecule has 7 heteroatoms. The van der Waals surface area contributed by atoms with Crippen molar-refractivity contribution in [2.24, 2.45) is 0 Å². The molecule has 1 fully saturated rings. The number of hydrogen-bond acceptors (Lipinski definition) is 4. The maximum atomic E-state index is 12.7. The van der Waals surface area contributed by atoms with Crippen LogP contribution in [0.15, 0.2) is 58.3 Å². The molecule has 0 spiro atoms. The molecule has 0 radical (unpaired) electrons. The van der Waals surface area contributed by atoms with Crippen LogP contribution < -0.4 is 0 Å². The molecule has 0 N–H and O–H groups in total. The van der Waals surface area contributed by atoms with Gasteiger partial charge in [0.2, 0.25) is 15.9 Å². The number of sulfonamides is 1. The van der Waals surface area contributed by atoms with E-state index < -0.39 is 10.0 Å². The first-order chi connectivity index (χ1) is 12.9. The van der Waals surface area contributed by atoms with Crippen molar-refractivity contribution in [3.63, 3.8) is 0 Å². The average molecular weight is 405 g/mol. The van der Waals surface area contributed by atoms with Crippen LogP contribution in [-0.4, -0.2) is 55.5 Å². The second kappa shape index (κ2) is 8.46. The number of aryl methyl sites for hydroxylation is 2. The largest absolute Gasteiger partial charge is 0.339 e. The van der Waals surface area contributed by atoms with E-state index in [1.807, 2.05) is 19.1 Å². The molecule has 144 valence electrons. The second-order valence-electron chi connectivity index (χ2n) is 6.66. The van der Waals surface area contributed by atoms with Crippen LogP contribution in [0.2, 0.25) is 0 Å². The molecular weight excluding hydrogens is 380 g/mol. The van der Waals surface area contributed by atoms with Gasteiger partial charge in [0.1, 0.15) is 0 Å². The van der Waals surface area contributed by atoms with Gasteiger partial charge in [-0.05, 0) is 37.6 Å². The SMILES string of the molecule is Cc1ccc(SCC(=O)N2CCN(S(=O)(=O)c3ccccc3)CC2)c(C)c1. The standard InChI is InChI=1S/C20H24N2O3S2/c1-16-8-9-19(17(2)14-16)26-15-20(23)21-10-12-22(13-11-21)27(24,25)18-6-4-3-5-7-18/h3-9,14H,10-13,15H2,1-2H3. The van der Waals surface area contributed by atoms with Gasteiger partial charge in [0.15, 0.2) is 0 Å². The Morgan fingerprint density at radius 1 is 1.00 bits per heavy atom. The predicted molar refractivity (Wildman–Crippen MR) is 108 cm³/mol. The van der Waals surface area contributed by atoms with Crippen molar-refractivity contribution in [2.75, 3.05) is 31.9 Å². The van der Waals surface area contributed by atoms with E-state index in [2.05, 4.69) is 13.0 Å². The van der Waals surface area contributed by atoms with Crippen LogP contribution in [0.1, 0.15) is 11.1 Å². The van der Waals surface area contributed by atoms with Crippen molar-refractivity contribution >= 4 is 27.7 Å². The van der Waals surface area contributed by atoms with E-state index in [1.165, 1.54) is 27.2 Å². The lowest BCUT2D eigenvalue weighted by molar-refractivity contribution is -0.129. The maximum absolute atomic E-state index is 12.7. The van der Waals surface area contributed by atoms with Crippen LogP contribution in [0.4, 0.5) is 0 Å². The van der Waals surface area contributed by atoms with Crippen LogP contribution in [0.25, 0.3) is 0 Å². The summed E-state index contributed by atoms with van der Waals surface area (Å²) in [6, 6.07) is 14.7. The monoisotopic (exact) mass is 404 g/mol. The van der Waals surface area contributed by atoms with Gasteiger partial charge in [-0.3, -0.25) is 4.79 Å². The highest BCUT2D eigenvalue weighted by atomic mass is 32.2. The molecule has 0 unspecified atom stereocenters. The molecule has 5 nitrogen and oxygen atoms in total. The van der Waals surface area contributed by atoms with Crippen LogP contribution in [0.3, 0.4) is 0 Å². The Kier molecular flexibility index (Phi) is 6.24. The summed E-state index contributed by atoms with van der Waals surface area (Å²) in [5.41, 5.74) is 2.38. The molecule has 1 aliphatic rings. The quantitative estimate of drug-likeness (QED) is 0.719. The summed E-state index contributed by atoms with van der Waals surface area (Å²) in [6.45, 7) is 5.62. The normalized spacial score (nSPS) is 15.7. The van der Waals surface area contributed by atoms with Gasteiger partial charge >= 0.3 is 0 Å². The zero-order chi connectivity index (χ0) is 19.4. The zero-order valence-corrected chi connectivity index (χ0v) is 17.2. The lowest BCUT2D eigenvalue weighted by atomic mass is 10.2. The number of piperazine rings is 1. The van der Waals surface area contributed by atoms with E-state index in [-0.39, 0.29) is 5.91 Å². The predicted octanol–water partition coefficient (Wildman–Crippen LogP) is 2.93. The summed E-state index contributed by atoms with van der Waals surface area (Å²) >= 11 is 1.54. The van der Waals surface area contributed by atoms with Gasteiger partial charge in [-0.1, -0.05) is 35.9 Å². The van der Waals surface area contributed by atoms with Crippen LogP contribution in [0, 0.1) is 13.8 Å². The molecule has 0 aliphatic carbocycles. The minimum atomic E-state index is -3.49. The van der Waals surface area contributed by atoms with Gasteiger partial charge < -0.3 is 4.90 Å². The van der Waals surface area contributed by atoms with Crippen molar-refractivity contribution < 1.29 is 13.2 Å². The lowest BCUT2D eigenvalue weighted by Crippen LogP contribution is -2.50. The van der Waals surface area contributed by atoms with Gasteiger partial charge in [-0.15, -0.1) is 11.8 Å². The van der Waals surface area contributed by atoms with Gasteiger partial charge in [0, 0.05) is 31.1 Å². The molecule has 1 aliphatic heterocycles. The summed E-state index contributed by atoms with van der Waals surface area (Å²) < 4.78 is 26.8. The number of rotatable bonds is 5. The van der Waals surface area contributed by atoms with Crippen LogP contribution in [0.5, 0.6) is 0 Å². The molecule has 1 heterocycles. The minimum absolute atomic E-state index is 0.0525.